The highest BCUT2D eigenvalue weighted by Gasteiger charge is 2.21. The van der Waals surface area contributed by atoms with Crippen LogP contribution >= 0.6 is 0 Å². The molecule has 0 fully saturated rings. The molecule has 0 aliphatic carbocycles. The number of nitriles is 1. The summed E-state index contributed by atoms with van der Waals surface area (Å²) in [6.45, 7) is 3.04. The third kappa shape index (κ3) is 3.89. The maximum absolute atomic E-state index is 10.6. The molecule has 1 heterocycles. The van der Waals surface area contributed by atoms with Gasteiger partial charge in [0.15, 0.2) is 0 Å². The number of carbonyl (C=O) groups is 1. The fourth-order valence-electron chi connectivity index (χ4n) is 1.66. The van der Waals surface area contributed by atoms with Crippen LogP contribution in [0.1, 0.15) is 31.5 Å². The van der Waals surface area contributed by atoms with Gasteiger partial charge in [-0.2, -0.15) is 5.26 Å². The van der Waals surface area contributed by atoms with Crippen molar-refractivity contribution in [3.63, 3.8) is 0 Å². The van der Waals surface area contributed by atoms with Crippen molar-refractivity contribution >= 4 is 5.97 Å². The third-order valence-corrected chi connectivity index (χ3v) is 2.43. The number of imidazole rings is 1. The Labute approximate surface area is 99.9 Å². The summed E-state index contributed by atoms with van der Waals surface area (Å²) in [5.41, 5.74) is 0.700. The zero-order chi connectivity index (χ0) is 12.7. The lowest BCUT2D eigenvalue weighted by Gasteiger charge is -2.25. The smallest absolute Gasteiger partial charge is 0.304 e. The number of aliphatic carboxylic acids is 1. The van der Waals surface area contributed by atoms with Gasteiger partial charge in [0.2, 0.25) is 0 Å². The van der Waals surface area contributed by atoms with Gasteiger partial charge in [0.05, 0.1) is 30.7 Å². The number of carboxylic acids is 1. The van der Waals surface area contributed by atoms with E-state index in [9.17, 15) is 10.1 Å². The minimum absolute atomic E-state index is 0.0340. The Morgan fingerprint density at radius 1 is 1.71 bits per heavy atom. The van der Waals surface area contributed by atoms with Crippen molar-refractivity contribution in [2.24, 2.45) is 0 Å². The van der Waals surface area contributed by atoms with Gasteiger partial charge in [0.25, 0.3) is 0 Å². The number of rotatable bonds is 7. The standard InChI is InChI=1S/C11H16N4O2/c1-2-4-15(5-3-11(16)17)10(6-12)9-7-13-8-14-9/h7-8,10H,2-5H2,1H3,(H,13,14)(H,16,17). The lowest BCUT2D eigenvalue weighted by Crippen LogP contribution is -2.31. The van der Waals surface area contributed by atoms with Crippen LogP contribution in [0.25, 0.3) is 0 Å². The molecule has 0 saturated carbocycles. The van der Waals surface area contributed by atoms with Crippen molar-refractivity contribution in [1.82, 2.24) is 14.9 Å². The van der Waals surface area contributed by atoms with Crippen LogP contribution in [-0.4, -0.2) is 39.0 Å². The van der Waals surface area contributed by atoms with Gasteiger partial charge in [-0.3, -0.25) is 9.69 Å². The summed E-state index contributed by atoms with van der Waals surface area (Å²) >= 11 is 0. The Bertz CT molecular complexity index is 383. The predicted molar refractivity (Wildman–Crippen MR) is 61.1 cm³/mol. The third-order valence-electron chi connectivity index (χ3n) is 2.43. The summed E-state index contributed by atoms with van der Waals surface area (Å²) in [5, 5.41) is 17.9. The quantitative estimate of drug-likeness (QED) is 0.741. The van der Waals surface area contributed by atoms with Crippen LogP contribution in [0.4, 0.5) is 0 Å². The molecule has 1 rings (SSSR count). The molecule has 0 aliphatic heterocycles. The number of carboxylic acid groups (broad SMARTS) is 1. The van der Waals surface area contributed by atoms with Crippen molar-refractivity contribution in [3.05, 3.63) is 18.2 Å². The van der Waals surface area contributed by atoms with Crippen LogP contribution in [0.2, 0.25) is 0 Å². The van der Waals surface area contributed by atoms with Crippen molar-refractivity contribution in [1.29, 1.82) is 5.26 Å². The molecule has 0 amide bonds. The van der Waals surface area contributed by atoms with E-state index in [0.717, 1.165) is 6.42 Å². The predicted octanol–water partition coefficient (Wildman–Crippen LogP) is 1.16. The summed E-state index contributed by atoms with van der Waals surface area (Å²) in [6.07, 6.45) is 4.01. The summed E-state index contributed by atoms with van der Waals surface area (Å²) in [4.78, 5) is 19.2. The topological polar surface area (TPSA) is 93.0 Å². The van der Waals surface area contributed by atoms with Gasteiger partial charge in [-0.15, -0.1) is 0 Å². The highest BCUT2D eigenvalue weighted by molar-refractivity contribution is 5.66. The average molecular weight is 236 g/mol. The molecule has 1 unspecified atom stereocenters. The van der Waals surface area contributed by atoms with E-state index in [4.69, 9.17) is 5.11 Å². The molecule has 1 aromatic heterocycles. The molecule has 92 valence electrons. The van der Waals surface area contributed by atoms with Gasteiger partial charge < -0.3 is 10.1 Å². The Hall–Kier alpha value is -1.87. The van der Waals surface area contributed by atoms with Gasteiger partial charge in [0.1, 0.15) is 6.04 Å². The van der Waals surface area contributed by atoms with E-state index >= 15 is 0 Å². The summed E-state index contributed by atoms with van der Waals surface area (Å²) in [6, 6.07) is 1.71. The van der Waals surface area contributed by atoms with E-state index in [-0.39, 0.29) is 6.42 Å². The first-order valence-corrected chi connectivity index (χ1v) is 5.52. The van der Waals surface area contributed by atoms with Gasteiger partial charge in [-0.05, 0) is 13.0 Å². The van der Waals surface area contributed by atoms with Crippen LogP contribution in [0.3, 0.4) is 0 Å². The van der Waals surface area contributed by atoms with Crippen LogP contribution in [0, 0.1) is 11.3 Å². The molecule has 0 aromatic carbocycles. The van der Waals surface area contributed by atoms with Crippen LogP contribution in [-0.2, 0) is 4.79 Å². The molecule has 0 spiro atoms. The number of nitrogens with zero attached hydrogens (tertiary/aromatic N) is 3. The molecule has 0 saturated heterocycles. The highest BCUT2D eigenvalue weighted by atomic mass is 16.4. The lowest BCUT2D eigenvalue weighted by atomic mass is 10.2. The van der Waals surface area contributed by atoms with Crippen molar-refractivity contribution < 1.29 is 9.90 Å². The van der Waals surface area contributed by atoms with E-state index < -0.39 is 12.0 Å². The van der Waals surface area contributed by atoms with E-state index in [0.29, 0.717) is 18.8 Å². The molecule has 0 aliphatic rings. The molecule has 17 heavy (non-hydrogen) atoms. The Balaban J connectivity index is 2.73. The summed E-state index contributed by atoms with van der Waals surface area (Å²) in [7, 11) is 0. The first-order valence-electron chi connectivity index (χ1n) is 5.52. The SMILES string of the molecule is CCCN(CCC(=O)O)C(C#N)c1cnc[nH]1. The first-order chi connectivity index (χ1) is 8.19. The number of nitrogens with one attached hydrogen (secondary N) is 1. The van der Waals surface area contributed by atoms with E-state index in [1.807, 2.05) is 11.8 Å². The minimum Gasteiger partial charge on any atom is -0.481 e. The van der Waals surface area contributed by atoms with Crippen LogP contribution < -0.4 is 0 Å². The zero-order valence-electron chi connectivity index (χ0n) is 9.76. The van der Waals surface area contributed by atoms with Gasteiger partial charge >= 0.3 is 5.97 Å². The Kier molecular flexibility index (Phi) is 5.17. The number of hydrogen-bond donors (Lipinski definition) is 2. The number of aromatic nitrogens is 2. The second kappa shape index (κ2) is 6.66. The number of aromatic amines is 1. The van der Waals surface area contributed by atoms with E-state index in [1.165, 1.54) is 6.33 Å². The number of H-pyrrole nitrogens is 1. The molecular formula is C11H16N4O2. The normalized spacial score (nSPS) is 12.3. The highest BCUT2D eigenvalue weighted by Crippen LogP contribution is 2.17. The largest absolute Gasteiger partial charge is 0.481 e. The molecule has 0 radical (unpaired) electrons. The second-order valence-corrected chi connectivity index (χ2v) is 3.72. The molecular weight excluding hydrogens is 220 g/mol. The minimum atomic E-state index is -0.854. The second-order valence-electron chi connectivity index (χ2n) is 3.72. The molecule has 1 aromatic rings. The summed E-state index contributed by atoms with van der Waals surface area (Å²) < 4.78 is 0. The number of hydrogen-bond acceptors (Lipinski definition) is 4. The average Bonchev–Trinajstić information content (AvgIpc) is 2.80. The van der Waals surface area contributed by atoms with Gasteiger partial charge in [-0.25, -0.2) is 4.98 Å². The summed E-state index contributed by atoms with van der Waals surface area (Å²) in [5.74, 6) is -0.854. The first kappa shape index (κ1) is 13.2. The van der Waals surface area contributed by atoms with Crippen molar-refractivity contribution in [2.45, 2.75) is 25.8 Å². The zero-order valence-corrected chi connectivity index (χ0v) is 9.76. The van der Waals surface area contributed by atoms with E-state index in [1.54, 1.807) is 6.20 Å². The molecule has 2 N–H and O–H groups in total. The fourth-order valence-corrected chi connectivity index (χ4v) is 1.66. The monoisotopic (exact) mass is 236 g/mol. The van der Waals surface area contributed by atoms with Crippen LogP contribution in [0.5, 0.6) is 0 Å². The van der Waals surface area contributed by atoms with Crippen LogP contribution in [0.15, 0.2) is 12.5 Å². The molecule has 0 bridgehead atoms. The van der Waals surface area contributed by atoms with Gasteiger partial charge in [-0.1, -0.05) is 6.92 Å². The molecule has 6 nitrogen and oxygen atoms in total. The maximum Gasteiger partial charge on any atom is 0.304 e. The molecule has 1 atom stereocenters. The van der Waals surface area contributed by atoms with Crippen molar-refractivity contribution in [3.8, 4) is 6.07 Å². The van der Waals surface area contributed by atoms with Gasteiger partial charge in [0, 0.05) is 6.54 Å². The Morgan fingerprint density at radius 2 is 2.47 bits per heavy atom. The van der Waals surface area contributed by atoms with Crippen molar-refractivity contribution in [2.75, 3.05) is 13.1 Å². The Morgan fingerprint density at radius 3 is 2.94 bits per heavy atom. The molecule has 6 heteroatoms. The lowest BCUT2D eigenvalue weighted by molar-refractivity contribution is -0.137. The van der Waals surface area contributed by atoms with E-state index in [2.05, 4.69) is 16.0 Å². The maximum atomic E-state index is 10.6. The fraction of sp³-hybridized carbons (Fsp3) is 0.545.